The van der Waals surface area contributed by atoms with E-state index in [2.05, 4.69) is 4.90 Å². The molecule has 122 valence electrons. The Labute approximate surface area is 131 Å². The van der Waals surface area contributed by atoms with Crippen molar-refractivity contribution < 1.29 is 18.3 Å². The maximum atomic E-state index is 11.4. The van der Waals surface area contributed by atoms with Gasteiger partial charge in [-0.2, -0.15) is 0 Å². The normalized spacial score (nSPS) is 16.6. The zero-order valence-electron chi connectivity index (χ0n) is 12.5. The Morgan fingerprint density at radius 2 is 1.91 bits per heavy atom. The van der Waals surface area contributed by atoms with Crippen molar-refractivity contribution in [1.82, 2.24) is 4.90 Å². The molecule has 7 heteroatoms. The lowest BCUT2D eigenvalue weighted by Crippen LogP contribution is -2.30. The number of hydrogen-bond donors (Lipinski definition) is 2. The van der Waals surface area contributed by atoms with Crippen molar-refractivity contribution in [3.05, 3.63) is 29.3 Å². The Kier molecular flexibility index (Phi) is 5.55. The summed E-state index contributed by atoms with van der Waals surface area (Å²) in [6.45, 7) is 3.07. The highest BCUT2D eigenvalue weighted by atomic mass is 32.2. The number of nitrogens with two attached hydrogens (primary N) is 1. The third-order valence-electron chi connectivity index (χ3n) is 4.00. The van der Waals surface area contributed by atoms with E-state index in [0.29, 0.717) is 12.0 Å². The number of benzene rings is 1. The molecule has 2 rings (SSSR count). The predicted octanol–water partition coefficient (Wildman–Crippen LogP) is 1.45. The number of carbonyl (C=O) groups is 1. The second-order valence-electron chi connectivity index (χ2n) is 5.67. The number of rotatable bonds is 6. The zero-order chi connectivity index (χ0) is 16.2. The molecule has 6 nitrogen and oxygen atoms in total. The van der Waals surface area contributed by atoms with Crippen LogP contribution in [0.4, 0.5) is 0 Å². The van der Waals surface area contributed by atoms with Gasteiger partial charge in [0.25, 0.3) is 0 Å². The van der Waals surface area contributed by atoms with E-state index < -0.39 is 16.0 Å². The Hall–Kier alpha value is -1.44. The lowest BCUT2D eigenvalue weighted by Gasteiger charge is -2.26. The molecular formula is C15H22N2O4S. The summed E-state index contributed by atoms with van der Waals surface area (Å²) in [5.41, 5.74) is 0.669. The van der Waals surface area contributed by atoms with Crippen LogP contribution in [0.25, 0.3) is 0 Å². The van der Waals surface area contributed by atoms with Gasteiger partial charge in [-0.25, -0.2) is 18.4 Å². The van der Waals surface area contributed by atoms with Crippen LogP contribution in [-0.2, 0) is 16.4 Å². The van der Waals surface area contributed by atoms with E-state index in [9.17, 15) is 18.3 Å². The number of aryl methyl sites for hydroxylation is 1. The van der Waals surface area contributed by atoms with Gasteiger partial charge >= 0.3 is 5.97 Å². The van der Waals surface area contributed by atoms with Gasteiger partial charge in [-0.15, -0.1) is 0 Å². The summed E-state index contributed by atoms with van der Waals surface area (Å²) >= 11 is 0. The Balaban J connectivity index is 2.08. The minimum atomic E-state index is -3.82. The number of carboxylic acid groups (broad SMARTS) is 1. The molecule has 0 saturated carbocycles. The van der Waals surface area contributed by atoms with Crippen molar-refractivity contribution in [2.24, 2.45) is 5.14 Å². The molecule has 1 heterocycles. The summed E-state index contributed by atoms with van der Waals surface area (Å²) < 4.78 is 22.8. The second kappa shape index (κ2) is 7.21. The summed E-state index contributed by atoms with van der Waals surface area (Å²) in [5.74, 6) is -1.05. The fourth-order valence-corrected chi connectivity index (χ4v) is 3.40. The fourth-order valence-electron chi connectivity index (χ4n) is 2.84. The Morgan fingerprint density at radius 3 is 2.50 bits per heavy atom. The smallest absolute Gasteiger partial charge is 0.335 e. The molecule has 0 spiro atoms. The van der Waals surface area contributed by atoms with Crippen LogP contribution < -0.4 is 5.14 Å². The first-order valence-electron chi connectivity index (χ1n) is 7.49. The van der Waals surface area contributed by atoms with Gasteiger partial charge in [0.15, 0.2) is 0 Å². The predicted molar refractivity (Wildman–Crippen MR) is 83.4 cm³/mol. The Morgan fingerprint density at radius 1 is 1.23 bits per heavy atom. The fraction of sp³-hybridized carbons (Fsp3) is 0.533. The van der Waals surface area contributed by atoms with Crippen LogP contribution in [0.15, 0.2) is 23.1 Å². The van der Waals surface area contributed by atoms with E-state index in [1.807, 2.05) is 0 Å². The first kappa shape index (κ1) is 16.9. The van der Waals surface area contributed by atoms with Crippen LogP contribution in [0.2, 0.25) is 0 Å². The van der Waals surface area contributed by atoms with Gasteiger partial charge in [0.2, 0.25) is 10.0 Å². The van der Waals surface area contributed by atoms with Crippen molar-refractivity contribution in [3.8, 4) is 0 Å². The van der Waals surface area contributed by atoms with Crippen LogP contribution in [0, 0.1) is 0 Å². The van der Waals surface area contributed by atoms with Crippen LogP contribution in [-0.4, -0.2) is 44.0 Å². The number of nitrogens with zero attached hydrogens (tertiary/aromatic N) is 1. The molecule has 0 aromatic heterocycles. The number of primary sulfonamides is 1. The average Bonchev–Trinajstić information content (AvgIpc) is 2.47. The van der Waals surface area contributed by atoms with Gasteiger partial charge < -0.3 is 10.0 Å². The van der Waals surface area contributed by atoms with Crippen LogP contribution in [0.1, 0.15) is 41.6 Å². The van der Waals surface area contributed by atoms with E-state index in [1.54, 1.807) is 0 Å². The van der Waals surface area contributed by atoms with Crippen LogP contribution >= 0.6 is 0 Å². The first-order chi connectivity index (χ1) is 10.4. The lowest BCUT2D eigenvalue weighted by atomic mass is 10.0. The SMILES string of the molecule is NS(=O)(=O)c1ccc(C(=O)O)c(CCCN2CCCCC2)c1. The number of sulfonamides is 1. The molecule has 1 fully saturated rings. The quantitative estimate of drug-likeness (QED) is 0.824. The molecule has 3 N–H and O–H groups in total. The van der Waals surface area contributed by atoms with Crippen molar-refractivity contribution in [3.63, 3.8) is 0 Å². The molecule has 0 aliphatic carbocycles. The molecule has 0 amide bonds. The summed E-state index contributed by atoms with van der Waals surface area (Å²) in [6.07, 6.45) is 5.02. The van der Waals surface area contributed by atoms with Crippen molar-refractivity contribution >= 4 is 16.0 Å². The molecule has 22 heavy (non-hydrogen) atoms. The van der Waals surface area contributed by atoms with Gasteiger partial charge in [0, 0.05) is 0 Å². The van der Waals surface area contributed by atoms with E-state index in [0.717, 1.165) is 26.1 Å². The number of hydrogen-bond acceptors (Lipinski definition) is 4. The summed E-state index contributed by atoms with van der Waals surface area (Å²) in [5, 5.41) is 14.3. The molecule has 0 unspecified atom stereocenters. The average molecular weight is 326 g/mol. The highest BCUT2D eigenvalue weighted by Gasteiger charge is 2.16. The molecular weight excluding hydrogens is 304 g/mol. The number of aromatic carboxylic acids is 1. The maximum Gasteiger partial charge on any atom is 0.335 e. The molecule has 1 aliphatic heterocycles. The van der Waals surface area contributed by atoms with Gasteiger partial charge in [0.05, 0.1) is 10.5 Å². The maximum absolute atomic E-state index is 11.4. The number of likely N-dealkylation sites (tertiary alicyclic amines) is 1. The molecule has 1 aromatic carbocycles. The molecule has 0 bridgehead atoms. The Bertz CT molecular complexity index is 637. The number of carboxylic acids is 1. The summed E-state index contributed by atoms with van der Waals surface area (Å²) in [7, 11) is -3.82. The van der Waals surface area contributed by atoms with Crippen molar-refractivity contribution in [2.75, 3.05) is 19.6 Å². The standard InChI is InChI=1S/C15H22N2O4S/c16-22(20,21)13-6-7-14(15(18)19)12(11-13)5-4-10-17-8-2-1-3-9-17/h6-7,11H,1-5,8-10H2,(H,18,19)(H2,16,20,21). The van der Waals surface area contributed by atoms with Gasteiger partial charge in [-0.1, -0.05) is 6.42 Å². The second-order valence-corrected chi connectivity index (χ2v) is 7.24. The summed E-state index contributed by atoms with van der Waals surface area (Å²) in [6, 6.07) is 3.94. The topological polar surface area (TPSA) is 101 Å². The monoisotopic (exact) mass is 326 g/mol. The molecule has 0 radical (unpaired) electrons. The molecule has 0 atom stereocenters. The molecule has 1 saturated heterocycles. The van der Waals surface area contributed by atoms with Crippen LogP contribution in [0.3, 0.4) is 0 Å². The first-order valence-corrected chi connectivity index (χ1v) is 9.04. The molecule has 1 aromatic rings. The lowest BCUT2D eigenvalue weighted by molar-refractivity contribution is 0.0695. The van der Waals surface area contributed by atoms with Crippen molar-refractivity contribution in [1.29, 1.82) is 0 Å². The minimum Gasteiger partial charge on any atom is -0.478 e. The highest BCUT2D eigenvalue weighted by molar-refractivity contribution is 7.89. The van der Waals surface area contributed by atoms with E-state index in [4.69, 9.17) is 5.14 Å². The summed E-state index contributed by atoms with van der Waals surface area (Å²) in [4.78, 5) is 13.6. The van der Waals surface area contributed by atoms with Gasteiger partial charge in [-0.3, -0.25) is 0 Å². The van der Waals surface area contributed by atoms with E-state index >= 15 is 0 Å². The number of piperidine rings is 1. The van der Waals surface area contributed by atoms with Gasteiger partial charge in [-0.05, 0) is 69.1 Å². The largest absolute Gasteiger partial charge is 0.478 e. The third kappa shape index (κ3) is 4.53. The van der Waals surface area contributed by atoms with Crippen LogP contribution in [0.5, 0.6) is 0 Å². The highest BCUT2D eigenvalue weighted by Crippen LogP contribution is 2.18. The van der Waals surface area contributed by atoms with Crippen molar-refractivity contribution in [2.45, 2.75) is 37.0 Å². The third-order valence-corrected chi connectivity index (χ3v) is 4.92. The zero-order valence-corrected chi connectivity index (χ0v) is 13.3. The minimum absolute atomic E-state index is 0.0366. The van der Waals surface area contributed by atoms with Gasteiger partial charge in [0.1, 0.15) is 0 Å². The van der Waals surface area contributed by atoms with E-state index in [1.165, 1.54) is 37.5 Å². The molecule has 1 aliphatic rings. The van der Waals surface area contributed by atoms with E-state index in [-0.39, 0.29) is 10.5 Å².